The Balaban J connectivity index is 0.000000250. The molecule has 2 aliphatic carbocycles. The molecule has 4 aromatic rings. The largest absolute Gasteiger partial charge is 0.509 e. The fourth-order valence-corrected chi connectivity index (χ4v) is 10.1. The van der Waals surface area contributed by atoms with Crippen LogP contribution < -0.4 is 20.1 Å². The van der Waals surface area contributed by atoms with E-state index < -0.39 is 63.3 Å². The highest BCUT2D eigenvalue weighted by molar-refractivity contribution is 8.14. The Morgan fingerprint density at radius 3 is 1.10 bits per heavy atom. The molecule has 2 atom stereocenters. The highest BCUT2D eigenvalue weighted by Crippen LogP contribution is 2.75. The van der Waals surface area contributed by atoms with Gasteiger partial charge in [-0.05, 0) is 49.3 Å². The predicted molar refractivity (Wildman–Crippen MR) is 206 cm³/mol. The van der Waals surface area contributed by atoms with E-state index in [1.807, 2.05) is 0 Å². The molecule has 8 rings (SSSR count). The van der Waals surface area contributed by atoms with Crippen LogP contribution in [0.25, 0.3) is 9.81 Å². The van der Waals surface area contributed by atoms with Gasteiger partial charge in [0, 0.05) is 33.1 Å². The minimum Gasteiger partial charge on any atom is -0.445 e. The van der Waals surface area contributed by atoms with E-state index in [1.54, 1.807) is 98.3 Å². The standard InChI is InChI=1S/C27H22F6N2S2.2C6H5BF3.H2O/c1-23-17(11-19(36-23)15-7-5-9-34(3)13-15)21-22(26(30,31)27(32,33)25(21,28)29)18-12-20(37-24(18,23)2)16-8-6-10-35(4)14-16;2*8-7(9,10)6-4-2-1-3-5-6;/h5-14H,1-4H3;2*1-5H;1H2/q+2;2*-1;/t23-,24-;;;/m1.../s1. The van der Waals surface area contributed by atoms with Gasteiger partial charge < -0.3 is 31.4 Å². The third kappa shape index (κ3) is 7.53. The number of fused-ring (bicyclic) bond motifs is 4. The summed E-state index contributed by atoms with van der Waals surface area (Å²) in [6.45, 7) is -6.21. The van der Waals surface area contributed by atoms with Crippen molar-refractivity contribution in [1.82, 2.24) is 0 Å². The molecule has 2 aromatic carbocycles. The summed E-state index contributed by atoms with van der Waals surface area (Å²) in [6, 6.07) is 20.0. The smallest absolute Gasteiger partial charge is 0.445 e. The van der Waals surface area contributed by atoms with E-state index in [4.69, 9.17) is 0 Å². The van der Waals surface area contributed by atoms with Gasteiger partial charge in [-0.3, -0.25) is 0 Å². The second-order valence-electron chi connectivity index (χ2n) is 14.1. The van der Waals surface area contributed by atoms with Crippen LogP contribution in [0.2, 0.25) is 0 Å². The Kier molecular flexibility index (Phi) is 11.8. The molecule has 0 radical (unpaired) electrons. The molecule has 58 heavy (non-hydrogen) atoms. The van der Waals surface area contributed by atoms with Crippen LogP contribution in [0.15, 0.2) is 144 Å². The van der Waals surface area contributed by atoms with Crippen molar-refractivity contribution in [2.75, 3.05) is 0 Å². The molecule has 0 spiro atoms. The first-order valence-corrected chi connectivity index (χ1v) is 18.9. The maximum atomic E-state index is 15.4. The predicted octanol–water partition coefficient (Wildman–Crippen LogP) is 8.91. The summed E-state index contributed by atoms with van der Waals surface area (Å²) in [5, 5.41) is 0. The van der Waals surface area contributed by atoms with Crippen molar-refractivity contribution < 1.29 is 66.8 Å². The molecule has 3 nitrogen and oxygen atoms in total. The summed E-state index contributed by atoms with van der Waals surface area (Å²) in [5.41, 5.74) is -2.50. The van der Waals surface area contributed by atoms with Gasteiger partial charge in [-0.2, -0.15) is 26.3 Å². The number of rotatable bonds is 4. The van der Waals surface area contributed by atoms with Gasteiger partial charge in [0.05, 0.1) is 20.6 Å². The normalized spacial score (nSPS) is 23.5. The van der Waals surface area contributed by atoms with E-state index in [0.717, 1.165) is 24.3 Å². The Morgan fingerprint density at radius 1 is 0.500 bits per heavy atom. The molecule has 4 aliphatic rings. The maximum absolute atomic E-state index is 15.4. The summed E-state index contributed by atoms with van der Waals surface area (Å²) in [4.78, 5) is 1.13. The number of alkyl halides is 6. The van der Waals surface area contributed by atoms with Crippen molar-refractivity contribution in [1.29, 1.82) is 0 Å². The second kappa shape index (κ2) is 15.4. The van der Waals surface area contributed by atoms with Crippen LogP contribution in [0.3, 0.4) is 0 Å². The van der Waals surface area contributed by atoms with Crippen molar-refractivity contribution in [2.45, 2.75) is 41.1 Å². The molecule has 2 aliphatic heterocycles. The molecule has 0 unspecified atom stereocenters. The SMILES string of the molecule is C[n+]1cccc(C2=CC3=C4C(=C5C=C(c6ccc[n+](C)c6)S[C@@]5(C)[C@]3(C)S2)C(F)(F)C(F)(F)C4(F)F)c1.F[B-](F)(F)c1ccccc1.F[B-](F)(F)c1ccccc1.O. The Hall–Kier alpha value is -4.35. The zero-order valence-electron chi connectivity index (χ0n) is 30.9. The molecule has 4 heterocycles. The number of pyridine rings is 2. The summed E-state index contributed by atoms with van der Waals surface area (Å²) < 4.78 is 164. The lowest BCUT2D eigenvalue weighted by Gasteiger charge is -2.47. The molecular weight excluding hydrogens is 826 g/mol. The fraction of sp³-hybridized carbons (Fsp3) is 0.231. The van der Waals surface area contributed by atoms with Gasteiger partial charge >= 0.3 is 31.7 Å². The molecule has 0 saturated heterocycles. The molecule has 2 N–H and O–H groups in total. The summed E-state index contributed by atoms with van der Waals surface area (Å²) in [6.07, 6.45) is 9.98. The first-order valence-electron chi connectivity index (χ1n) is 17.2. The van der Waals surface area contributed by atoms with Gasteiger partial charge in [0.15, 0.2) is 24.8 Å². The quantitative estimate of drug-likeness (QED) is 0.117. The van der Waals surface area contributed by atoms with Crippen LogP contribution in [0, 0.1) is 0 Å². The second-order valence-corrected chi connectivity index (χ2v) is 17.0. The fourth-order valence-electron chi connectivity index (χ4n) is 7.00. The average Bonchev–Trinajstić information content (AvgIpc) is 3.72. The number of aromatic nitrogens is 2. The Bertz CT molecular complexity index is 2170. The zero-order chi connectivity index (χ0) is 42.0. The number of aryl methyl sites for hydroxylation is 2. The van der Waals surface area contributed by atoms with Gasteiger partial charge in [0.2, 0.25) is 0 Å². The number of allylic oxidation sites excluding steroid dienone is 4. The van der Waals surface area contributed by atoms with Crippen molar-refractivity contribution in [3.63, 3.8) is 0 Å². The van der Waals surface area contributed by atoms with E-state index in [1.165, 1.54) is 59.9 Å². The van der Waals surface area contributed by atoms with Crippen LogP contribution in [0.4, 0.5) is 52.2 Å². The number of halogens is 12. The van der Waals surface area contributed by atoms with E-state index in [0.29, 0.717) is 20.9 Å². The topological polar surface area (TPSA) is 39.3 Å². The summed E-state index contributed by atoms with van der Waals surface area (Å²) in [7, 11) is 3.60. The first-order chi connectivity index (χ1) is 26.4. The highest BCUT2D eigenvalue weighted by atomic mass is 32.2. The van der Waals surface area contributed by atoms with Gasteiger partial charge in [-0.1, -0.05) is 60.7 Å². The molecule has 0 amide bonds. The molecule has 1 fully saturated rings. The summed E-state index contributed by atoms with van der Waals surface area (Å²) >= 11 is 2.52. The van der Waals surface area contributed by atoms with E-state index in [2.05, 4.69) is 0 Å². The van der Waals surface area contributed by atoms with Crippen molar-refractivity contribution >= 4 is 58.2 Å². The number of hydrogen-bond donors (Lipinski definition) is 0. The third-order valence-corrected chi connectivity index (χ3v) is 13.5. The molecule has 19 heteroatoms. The van der Waals surface area contributed by atoms with Crippen LogP contribution in [0.1, 0.15) is 25.0 Å². The van der Waals surface area contributed by atoms with Gasteiger partial charge in [0.1, 0.15) is 14.1 Å². The maximum Gasteiger partial charge on any atom is 0.509 e. The third-order valence-electron chi connectivity index (χ3n) is 10.1. The van der Waals surface area contributed by atoms with E-state index >= 15 is 17.6 Å². The van der Waals surface area contributed by atoms with Crippen LogP contribution >= 0.6 is 23.5 Å². The Morgan fingerprint density at radius 2 is 0.828 bits per heavy atom. The Labute approximate surface area is 334 Å². The minimum atomic E-state index is -5.56. The number of benzene rings is 2. The van der Waals surface area contributed by atoms with Crippen LogP contribution in [-0.2, 0) is 14.1 Å². The van der Waals surface area contributed by atoms with E-state index in [9.17, 15) is 34.7 Å². The number of nitrogens with zero attached hydrogens (tertiary/aromatic N) is 2. The van der Waals surface area contributed by atoms with E-state index in [-0.39, 0.29) is 16.6 Å². The molecule has 0 bridgehead atoms. The highest BCUT2D eigenvalue weighted by Gasteiger charge is 2.84. The van der Waals surface area contributed by atoms with Crippen molar-refractivity contribution in [2.24, 2.45) is 14.1 Å². The first kappa shape index (κ1) is 44.7. The number of thioether (sulfide) groups is 2. The van der Waals surface area contributed by atoms with Gasteiger partial charge in [-0.25, -0.2) is 9.13 Å². The lowest BCUT2D eigenvalue weighted by Crippen LogP contribution is -2.48. The van der Waals surface area contributed by atoms with Crippen molar-refractivity contribution in [3.05, 3.63) is 155 Å². The average molecular weight is 860 g/mol. The lowest BCUT2D eigenvalue weighted by atomic mass is 9.71. The molecule has 2 aromatic heterocycles. The van der Waals surface area contributed by atoms with Crippen LogP contribution in [0.5, 0.6) is 0 Å². The van der Waals surface area contributed by atoms with Gasteiger partial charge in [-0.15, -0.1) is 34.4 Å². The molecule has 308 valence electrons. The molecule has 1 saturated carbocycles. The minimum absolute atomic E-state index is 0. The summed E-state index contributed by atoms with van der Waals surface area (Å²) in [5.74, 6) is -15.6. The van der Waals surface area contributed by atoms with Crippen LogP contribution in [-0.4, -0.2) is 46.7 Å². The van der Waals surface area contributed by atoms with Gasteiger partial charge in [0.25, 0.3) is 0 Å². The van der Waals surface area contributed by atoms with Crippen molar-refractivity contribution in [3.8, 4) is 0 Å². The monoisotopic (exact) mass is 860 g/mol. The zero-order valence-corrected chi connectivity index (χ0v) is 32.6. The lowest BCUT2D eigenvalue weighted by molar-refractivity contribution is -0.671. The number of hydrogen-bond acceptors (Lipinski definition) is 2. The molecular formula is C39H34B2F12N2OS2.